The molecule has 1 aromatic carbocycles. The molecule has 0 aromatic heterocycles. The first-order chi connectivity index (χ1) is 11.0. The SMILES string of the molecule is CC(C)C(C(=O)O)N(C)Cc1ccc(OC(=O)OC(C)(C)C)cc1. The highest BCUT2D eigenvalue weighted by Gasteiger charge is 2.26. The number of hydrogen-bond donors (Lipinski definition) is 1. The highest BCUT2D eigenvalue weighted by molar-refractivity contribution is 5.73. The number of aliphatic carboxylic acids is 1. The summed E-state index contributed by atoms with van der Waals surface area (Å²) in [6.45, 7) is 9.55. The van der Waals surface area contributed by atoms with E-state index in [-0.39, 0.29) is 5.92 Å². The molecule has 0 radical (unpaired) electrons. The van der Waals surface area contributed by atoms with Gasteiger partial charge in [0.1, 0.15) is 17.4 Å². The summed E-state index contributed by atoms with van der Waals surface area (Å²) in [6.07, 6.45) is -0.752. The van der Waals surface area contributed by atoms with Crippen LogP contribution in [0.5, 0.6) is 5.75 Å². The number of carbonyl (C=O) groups excluding carboxylic acids is 1. The first-order valence-corrected chi connectivity index (χ1v) is 7.92. The normalized spacial score (nSPS) is 13.0. The number of likely N-dealkylation sites (N-methyl/N-ethyl adjacent to an activating group) is 1. The second kappa shape index (κ2) is 8.15. The Morgan fingerprint density at radius 1 is 1.17 bits per heavy atom. The Morgan fingerprint density at radius 3 is 2.12 bits per heavy atom. The van der Waals surface area contributed by atoms with Gasteiger partial charge in [-0.2, -0.15) is 0 Å². The topological polar surface area (TPSA) is 76.1 Å². The third kappa shape index (κ3) is 6.58. The first kappa shape index (κ1) is 20.0. The van der Waals surface area contributed by atoms with Crippen LogP contribution in [0.4, 0.5) is 4.79 Å². The van der Waals surface area contributed by atoms with Gasteiger partial charge < -0.3 is 14.6 Å². The van der Waals surface area contributed by atoms with Crippen molar-refractivity contribution in [1.29, 1.82) is 0 Å². The fraction of sp³-hybridized carbons (Fsp3) is 0.556. The summed E-state index contributed by atoms with van der Waals surface area (Å²) < 4.78 is 10.2. The average molecular weight is 337 g/mol. The third-order valence-electron chi connectivity index (χ3n) is 3.31. The van der Waals surface area contributed by atoms with Crippen molar-refractivity contribution in [1.82, 2.24) is 4.90 Å². The van der Waals surface area contributed by atoms with Crippen molar-refractivity contribution in [3.8, 4) is 5.75 Å². The second-order valence-electron chi connectivity index (χ2n) is 7.15. The second-order valence-corrected chi connectivity index (χ2v) is 7.15. The number of rotatable bonds is 6. The van der Waals surface area contributed by atoms with Gasteiger partial charge in [0.2, 0.25) is 0 Å². The van der Waals surface area contributed by atoms with Gasteiger partial charge in [-0.3, -0.25) is 9.69 Å². The van der Waals surface area contributed by atoms with Crippen molar-refractivity contribution in [3.63, 3.8) is 0 Å². The molecule has 6 nitrogen and oxygen atoms in total. The van der Waals surface area contributed by atoms with Crippen LogP contribution in [-0.2, 0) is 16.1 Å². The third-order valence-corrected chi connectivity index (χ3v) is 3.31. The van der Waals surface area contributed by atoms with Crippen molar-refractivity contribution in [2.45, 2.75) is 52.8 Å². The predicted octanol–water partition coefficient (Wildman–Crippen LogP) is 3.54. The summed E-state index contributed by atoms with van der Waals surface area (Å²) in [7, 11) is 1.78. The Bertz CT molecular complexity index is 560. The number of carbonyl (C=O) groups is 2. The van der Waals surface area contributed by atoms with Crippen molar-refractivity contribution in [2.24, 2.45) is 5.92 Å². The predicted molar refractivity (Wildman–Crippen MR) is 91.0 cm³/mol. The lowest BCUT2D eigenvalue weighted by Crippen LogP contribution is -2.41. The molecule has 0 saturated carbocycles. The molecule has 1 aromatic rings. The van der Waals surface area contributed by atoms with E-state index in [1.807, 2.05) is 13.8 Å². The van der Waals surface area contributed by atoms with E-state index in [1.54, 1.807) is 57.0 Å². The summed E-state index contributed by atoms with van der Waals surface area (Å²) in [6, 6.07) is 6.38. The number of benzene rings is 1. The highest BCUT2D eigenvalue weighted by atomic mass is 16.7. The number of carboxylic acids is 1. The molecule has 1 rings (SSSR count). The van der Waals surface area contributed by atoms with E-state index in [0.717, 1.165) is 5.56 Å². The molecular weight excluding hydrogens is 310 g/mol. The summed E-state index contributed by atoms with van der Waals surface area (Å²) in [5.41, 5.74) is 0.323. The maximum atomic E-state index is 11.6. The number of hydrogen-bond acceptors (Lipinski definition) is 5. The van der Waals surface area contributed by atoms with Gasteiger partial charge in [0.25, 0.3) is 0 Å². The lowest BCUT2D eigenvalue weighted by Gasteiger charge is -2.27. The van der Waals surface area contributed by atoms with E-state index in [2.05, 4.69) is 0 Å². The maximum absolute atomic E-state index is 11.6. The molecule has 0 fully saturated rings. The lowest BCUT2D eigenvalue weighted by molar-refractivity contribution is -0.144. The van der Waals surface area contributed by atoms with Gasteiger partial charge >= 0.3 is 12.1 Å². The maximum Gasteiger partial charge on any atom is 0.514 e. The fourth-order valence-corrected chi connectivity index (χ4v) is 2.40. The minimum Gasteiger partial charge on any atom is -0.480 e. The van der Waals surface area contributed by atoms with E-state index in [9.17, 15) is 14.7 Å². The number of nitrogens with zero attached hydrogens (tertiary/aromatic N) is 1. The molecule has 0 aliphatic rings. The number of ether oxygens (including phenoxy) is 2. The molecule has 0 saturated heterocycles. The zero-order chi connectivity index (χ0) is 18.5. The Labute approximate surface area is 143 Å². The van der Waals surface area contributed by atoms with Crippen molar-refractivity contribution >= 4 is 12.1 Å². The molecule has 6 heteroatoms. The lowest BCUT2D eigenvalue weighted by atomic mass is 10.0. The van der Waals surface area contributed by atoms with E-state index < -0.39 is 23.8 Å². The van der Waals surface area contributed by atoms with Crippen LogP contribution < -0.4 is 4.74 Å². The molecule has 1 unspecified atom stereocenters. The largest absolute Gasteiger partial charge is 0.514 e. The van der Waals surface area contributed by atoms with Gasteiger partial charge in [-0.25, -0.2) is 4.79 Å². The molecule has 0 heterocycles. The molecule has 134 valence electrons. The molecule has 24 heavy (non-hydrogen) atoms. The van der Waals surface area contributed by atoms with E-state index >= 15 is 0 Å². The fourth-order valence-electron chi connectivity index (χ4n) is 2.40. The highest BCUT2D eigenvalue weighted by Crippen LogP contribution is 2.18. The van der Waals surface area contributed by atoms with E-state index in [0.29, 0.717) is 12.3 Å². The standard InChI is InChI=1S/C18H27NO5/c1-12(2)15(16(20)21)19(6)11-13-7-9-14(10-8-13)23-17(22)24-18(3,4)5/h7-10,12,15H,11H2,1-6H3,(H,20,21). The molecule has 1 atom stereocenters. The van der Waals surface area contributed by atoms with Crippen LogP contribution in [-0.4, -0.2) is 40.8 Å². The monoisotopic (exact) mass is 337 g/mol. The minimum atomic E-state index is -0.836. The van der Waals surface area contributed by atoms with Crippen LogP contribution in [0.1, 0.15) is 40.2 Å². The van der Waals surface area contributed by atoms with Crippen LogP contribution in [0.25, 0.3) is 0 Å². The van der Waals surface area contributed by atoms with Gasteiger partial charge in [-0.05, 0) is 51.4 Å². The summed E-state index contributed by atoms with van der Waals surface area (Å²) >= 11 is 0. The van der Waals surface area contributed by atoms with Gasteiger partial charge in [0.15, 0.2) is 0 Å². The molecule has 0 bridgehead atoms. The Kier molecular flexibility index (Phi) is 6.78. The Morgan fingerprint density at radius 2 is 1.71 bits per heavy atom. The summed E-state index contributed by atoms with van der Waals surface area (Å²) in [4.78, 5) is 24.7. The minimum absolute atomic E-state index is 0.00211. The molecule has 0 aliphatic heterocycles. The summed E-state index contributed by atoms with van der Waals surface area (Å²) in [5.74, 6) is -0.450. The van der Waals surface area contributed by atoms with Crippen LogP contribution >= 0.6 is 0 Å². The van der Waals surface area contributed by atoms with Gasteiger partial charge in [0.05, 0.1) is 0 Å². The van der Waals surface area contributed by atoms with E-state index in [1.165, 1.54) is 0 Å². The van der Waals surface area contributed by atoms with Crippen LogP contribution in [0.2, 0.25) is 0 Å². The summed E-state index contributed by atoms with van der Waals surface area (Å²) in [5, 5.41) is 9.32. The molecule has 0 amide bonds. The molecule has 1 N–H and O–H groups in total. The van der Waals surface area contributed by atoms with Crippen LogP contribution in [0.15, 0.2) is 24.3 Å². The first-order valence-electron chi connectivity index (χ1n) is 7.92. The smallest absolute Gasteiger partial charge is 0.480 e. The van der Waals surface area contributed by atoms with Crippen molar-refractivity contribution in [3.05, 3.63) is 29.8 Å². The average Bonchev–Trinajstić information content (AvgIpc) is 2.37. The van der Waals surface area contributed by atoms with Gasteiger partial charge in [0, 0.05) is 6.54 Å². The van der Waals surface area contributed by atoms with Crippen molar-refractivity contribution < 1.29 is 24.2 Å². The van der Waals surface area contributed by atoms with Crippen molar-refractivity contribution in [2.75, 3.05) is 7.05 Å². The van der Waals surface area contributed by atoms with Crippen LogP contribution in [0, 0.1) is 5.92 Å². The van der Waals surface area contributed by atoms with Gasteiger partial charge in [-0.15, -0.1) is 0 Å². The molecular formula is C18H27NO5. The quantitative estimate of drug-likeness (QED) is 0.632. The van der Waals surface area contributed by atoms with E-state index in [4.69, 9.17) is 9.47 Å². The Hall–Kier alpha value is -2.08. The molecule has 0 aliphatic carbocycles. The molecule has 0 spiro atoms. The zero-order valence-corrected chi connectivity index (χ0v) is 15.2. The van der Waals surface area contributed by atoms with Gasteiger partial charge in [-0.1, -0.05) is 26.0 Å². The zero-order valence-electron chi connectivity index (χ0n) is 15.2. The Balaban J connectivity index is 2.67. The number of carboxylic acid groups (broad SMARTS) is 1. The van der Waals surface area contributed by atoms with Crippen LogP contribution in [0.3, 0.4) is 0 Å².